The van der Waals surface area contributed by atoms with E-state index in [1.165, 1.54) is 12.1 Å². The van der Waals surface area contributed by atoms with E-state index in [1.807, 2.05) is 0 Å². The van der Waals surface area contributed by atoms with E-state index in [1.54, 1.807) is 13.0 Å². The lowest BCUT2D eigenvalue weighted by molar-refractivity contribution is -0.118. The Bertz CT molecular complexity index is 1000. The Labute approximate surface area is 154 Å². The van der Waals surface area contributed by atoms with Crippen LogP contribution in [-0.4, -0.2) is 28.2 Å². The van der Waals surface area contributed by atoms with Gasteiger partial charge < -0.3 is 5.32 Å². The third-order valence-corrected chi connectivity index (χ3v) is 5.14. The van der Waals surface area contributed by atoms with Crippen molar-refractivity contribution in [3.05, 3.63) is 56.8 Å². The van der Waals surface area contributed by atoms with Gasteiger partial charge in [-0.05, 0) is 55.9 Å². The average Bonchev–Trinajstić information content (AvgIpc) is 2.91. The smallest absolute Gasteiger partial charge is 0.326 e. The Kier molecular flexibility index (Phi) is 4.25. The normalized spacial score (nSPS) is 19.2. The molecule has 1 fully saturated rings. The van der Waals surface area contributed by atoms with Gasteiger partial charge in [0.05, 0.1) is 11.4 Å². The number of carbonyl (C=O) groups excluding carboxylic acids is 2. The second-order valence-corrected chi connectivity index (χ2v) is 6.97. The van der Waals surface area contributed by atoms with Gasteiger partial charge in [0, 0.05) is 12.0 Å². The van der Waals surface area contributed by atoms with Crippen LogP contribution in [0, 0.1) is 5.82 Å². The van der Waals surface area contributed by atoms with Crippen LogP contribution in [0.3, 0.4) is 0 Å². The predicted molar refractivity (Wildman–Crippen MR) is 96.2 cm³/mol. The molecule has 1 saturated heterocycles. The van der Waals surface area contributed by atoms with Crippen molar-refractivity contribution >= 4 is 17.6 Å². The lowest BCUT2D eigenvalue weighted by Gasteiger charge is -2.18. The first-order valence-corrected chi connectivity index (χ1v) is 8.98. The lowest BCUT2D eigenvalue weighted by Crippen LogP contribution is -2.31. The van der Waals surface area contributed by atoms with E-state index >= 15 is 0 Å². The highest BCUT2D eigenvalue weighted by molar-refractivity contribution is 6.21. The Morgan fingerprint density at radius 3 is 2.63 bits per heavy atom. The van der Waals surface area contributed by atoms with Gasteiger partial charge in [0.1, 0.15) is 11.9 Å². The van der Waals surface area contributed by atoms with Crippen molar-refractivity contribution in [3.8, 4) is 0 Å². The first-order chi connectivity index (χ1) is 13.0. The number of nitrogens with one attached hydrogen (secondary N) is 2. The molecule has 1 aromatic carbocycles. The van der Waals surface area contributed by atoms with Gasteiger partial charge in [0.25, 0.3) is 11.5 Å². The van der Waals surface area contributed by atoms with E-state index in [9.17, 15) is 18.8 Å². The highest BCUT2D eigenvalue weighted by Crippen LogP contribution is 2.27. The van der Waals surface area contributed by atoms with Crippen molar-refractivity contribution in [2.24, 2.45) is 0 Å². The van der Waals surface area contributed by atoms with Crippen LogP contribution in [-0.2, 0) is 24.1 Å². The van der Waals surface area contributed by atoms with Crippen LogP contribution in [0.5, 0.6) is 0 Å². The van der Waals surface area contributed by atoms with Crippen LogP contribution < -0.4 is 15.8 Å². The van der Waals surface area contributed by atoms with Crippen LogP contribution >= 0.6 is 0 Å². The molecule has 8 heteroatoms. The number of imide groups is 1. The molecule has 140 valence electrons. The van der Waals surface area contributed by atoms with Crippen molar-refractivity contribution < 1.29 is 14.0 Å². The largest absolute Gasteiger partial charge is 0.329 e. The van der Waals surface area contributed by atoms with Crippen LogP contribution in [0.4, 0.5) is 14.9 Å². The zero-order valence-corrected chi connectivity index (χ0v) is 14.8. The molecule has 2 heterocycles. The Hall–Kier alpha value is -3.03. The number of aromatic amines is 1. The van der Waals surface area contributed by atoms with E-state index in [0.29, 0.717) is 12.0 Å². The molecule has 2 aliphatic rings. The van der Waals surface area contributed by atoms with Crippen LogP contribution in [0.2, 0.25) is 0 Å². The summed E-state index contributed by atoms with van der Waals surface area (Å²) in [6.07, 6.45) is 3.88. The van der Waals surface area contributed by atoms with E-state index < -0.39 is 23.8 Å². The number of hydrogen-bond donors (Lipinski definition) is 2. The average molecular weight is 370 g/mol. The summed E-state index contributed by atoms with van der Waals surface area (Å²) in [6, 6.07) is 3.01. The van der Waals surface area contributed by atoms with E-state index in [2.05, 4.69) is 15.5 Å². The van der Waals surface area contributed by atoms with Crippen molar-refractivity contribution in [1.82, 2.24) is 15.5 Å². The molecule has 4 rings (SSSR count). The van der Waals surface area contributed by atoms with E-state index in [4.69, 9.17) is 0 Å². The number of hydrogen-bond acceptors (Lipinski definition) is 4. The predicted octanol–water partition coefficient (Wildman–Crippen LogP) is 1.82. The maximum atomic E-state index is 14.3. The van der Waals surface area contributed by atoms with Crippen LogP contribution in [0.25, 0.3) is 0 Å². The molecule has 1 aliphatic heterocycles. The molecular weight excluding hydrogens is 351 g/mol. The molecule has 0 bridgehead atoms. The number of aromatic nitrogens is 2. The van der Waals surface area contributed by atoms with Gasteiger partial charge in [-0.25, -0.2) is 19.2 Å². The Morgan fingerprint density at radius 1 is 1.19 bits per heavy atom. The minimum Gasteiger partial charge on any atom is -0.326 e. The number of halogens is 1. The van der Waals surface area contributed by atoms with Gasteiger partial charge in [-0.1, -0.05) is 6.07 Å². The molecule has 0 unspecified atom stereocenters. The third-order valence-electron chi connectivity index (χ3n) is 5.14. The molecule has 27 heavy (non-hydrogen) atoms. The number of carbonyl (C=O) groups is 2. The molecule has 0 spiro atoms. The zero-order chi connectivity index (χ0) is 19.1. The fourth-order valence-corrected chi connectivity index (χ4v) is 3.74. The summed E-state index contributed by atoms with van der Waals surface area (Å²) in [6.45, 7) is 1.55. The number of nitrogens with zero attached hydrogens (tertiary/aromatic N) is 2. The summed E-state index contributed by atoms with van der Waals surface area (Å²) in [5, 5.41) is 9.21. The number of fused-ring (bicyclic) bond motifs is 1. The topological polar surface area (TPSA) is 95.2 Å². The molecule has 2 aromatic rings. The summed E-state index contributed by atoms with van der Waals surface area (Å²) in [5.41, 5.74) is 2.96. The SMILES string of the molecule is C[C@@H]1NC(=O)N(c2cc(Cc3n[nH]c(=O)c4c3CCCC4)ccc2F)C1=O. The molecule has 7 nitrogen and oxygen atoms in total. The molecule has 3 amide bonds. The maximum absolute atomic E-state index is 14.3. The summed E-state index contributed by atoms with van der Waals surface area (Å²) in [4.78, 5) is 37.0. The Morgan fingerprint density at radius 2 is 1.93 bits per heavy atom. The quantitative estimate of drug-likeness (QED) is 0.806. The summed E-state index contributed by atoms with van der Waals surface area (Å²) >= 11 is 0. The molecule has 1 atom stereocenters. The van der Waals surface area contributed by atoms with Gasteiger partial charge in [-0.2, -0.15) is 5.10 Å². The standard InChI is InChI=1S/C19H19FN4O3/c1-10-18(26)24(19(27)21-10)16-9-11(6-7-14(16)20)8-15-12-4-2-3-5-13(12)17(25)23-22-15/h6-7,9-10H,2-5,8H2,1H3,(H,21,27)(H,23,25)/t10-/m0/s1. The van der Waals surface area contributed by atoms with E-state index in [0.717, 1.165) is 47.4 Å². The van der Waals surface area contributed by atoms with Gasteiger partial charge in [-0.15, -0.1) is 0 Å². The van der Waals surface area contributed by atoms with Crippen molar-refractivity contribution in [2.45, 2.75) is 45.1 Å². The molecule has 0 saturated carbocycles. The number of H-pyrrole nitrogens is 1. The molecule has 1 aliphatic carbocycles. The van der Waals surface area contributed by atoms with Gasteiger partial charge in [0.2, 0.25) is 0 Å². The summed E-state index contributed by atoms with van der Waals surface area (Å²) < 4.78 is 14.3. The molecule has 1 aromatic heterocycles. The lowest BCUT2D eigenvalue weighted by atomic mass is 9.90. The fraction of sp³-hybridized carbons (Fsp3) is 0.368. The number of rotatable bonds is 3. The minimum absolute atomic E-state index is 0.0716. The highest BCUT2D eigenvalue weighted by atomic mass is 19.1. The Balaban J connectivity index is 1.70. The maximum Gasteiger partial charge on any atom is 0.329 e. The second kappa shape index (κ2) is 6.61. The van der Waals surface area contributed by atoms with Gasteiger partial charge in [-0.3, -0.25) is 9.59 Å². The number of amides is 3. The first-order valence-electron chi connectivity index (χ1n) is 8.98. The van der Waals surface area contributed by atoms with Crippen molar-refractivity contribution in [1.29, 1.82) is 0 Å². The van der Waals surface area contributed by atoms with Crippen LogP contribution in [0.15, 0.2) is 23.0 Å². The number of anilines is 1. The third kappa shape index (κ3) is 3.01. The molecule has 0 radical (unpaired) electrons. The minimum atomic E-state index is -0.687. The van der Waals surface area contributed by atoms with Gasteiger partial charge >= 0.3 is 6.03 Å². The fourth-order valence-electron chi connectivity index (χ4n) is 3.74. The first kappa shape index (κ1) is 17.4. The van der Waals surface area contributed by atoms with Crippen molar-refractivity contribution in [3.63, 3.8) is 0 Å². The number of benzene rings is 1. The van der Waals surface area contributed by atoms with Crippen LogP contribution in [0.1, 0.15) is 42.1 Å². The summed E-state index contributed by atoms with van der Waals surface area (Å²) in [7, 11) is 0. The van der Waals surface area contributed by atoms with Crippen molar-refractivity contribution in [2.75, 3.05) is 4.90 Å². The zero-order valence-electron chi connectivity index (χ0n) is 14.8. The van der Waals surface area contributed by atoms with E-state index in [-0.39, 0.29) is 11.2 Å². The summed E-state index contributed by atoms with van der Waals surface area (Å²) in [5.74, 6) is -1.14. The van der Waals surface area contributed by atoms with Gasteiger partial charge in [0.15, 0.2) is 0 Å². The number of urea groups is 1. The monoisotopic (exact) mass is 370 g/mol. The molecular formula is C19H19FN4O3. The molecule has 2 N–H and O–H groups in total. The highest BCUT2D eigenvalue weighted by Gasteiger charge is 2.37. The second-order valence-electron chi connectivity index (χ2n) is 6.97.